The topological polar surface area (TPSA) is 3.24 Å². The maximum Gasteiger partial charge on any atom is 0.0100 e. The second-order valence-electron chi connectivity index (χ2n) is 5.90. The molecule has 1 nitrogen and oxygen atoms in total. The van der Waals surface area contributed by atoms with Gasteiger partial charge >= 0.3 is 0 Å². The van der Waals surface area contributed by atoms with Gasteiger partial charge in [0.25, 0.3) is 0 Å². The van der Waals surface area contributed by atoms with Gasteiger partial charge < -0.3 is 4.90 Å². The molecule has 0 aromatic rings. The van der Waals surface area contributed by atoms with Crippen LogP contribution in [-0.4, -0.2) is 30.4 Å². The molecule has 1 aliphatic carbocycles. The van der Waals surface area contributed by atoms with E-state index in [9.17, 15) is 0 Å². The van der Waals surface area contributed by atoms with Crippen LogP contribution in [0.15, 0.2) is 0 Å². The van der Waals surface area contributed by atoms with Crippen molar-refractivity contribution in [1.29, 1.82) is 0 Å². The standard InChI is InChI=1S/C14H28BrN/c1-4-13(2)10-16(3)12-14(11-15)8-6-5-7-9-14/h13H,4-12H2,1-3H3. The van der Waals surface area contributed by atoms with E-state index in [2.05, 4.69) is 41.7 Å². The Morgan fingerprint density at radius 1 is 1.25 bits per heavy atom. The largest absolute Gasteiger partial charge is 0.306 e. The third kappa shape index (κ3) is 4.37. The fourth-order valence-electron chi connectivity index (χ4n) is 2.93. The lowest BCUT2D eigenvalue weighted by Crippen LogP contribution is -2.40. The van der Waals surface area contributed by atoms with E-state index in [0.717, 1.165) is 5.92 Å². The second kappa shape index (κ2) is 7.00. The molecule has 0 spiro atoms. The molecule has 1 saturated carbocycles. The van der Waals surface area contributed by atoms with E-state index in [-0.39, 0.29) is 0 Å². The highest BCUT2D eigenvalue weighted by molar-refractivity contribution is 9.09. The zero-order chi connectivity index (χ0) is 12.0. The van der Waals surface area contributed by atoms with Gasteiger partial charge in [0, 0.05) is 18.4 Å². The Morgan fingerprint density at radius 2 is 1.88 bits per heavy atom. The molecule has 1 unspecified atom stereocenters. The van der Waals surface area contributed by atoms with Gasteiger partial charge in [0.05, 0.1) is 0 Å². The molecule has 1 aliphatic rings. The number of nitrogens with zero attached hydrogens (tertiary/aromatic N) is 1. The predicted octanol–water partition coefficient (Wildman–Crippen LogP) is 4.31. The number of alkyl halides is 1. The van der Waals surface area contributed by atoms with Gasteiger partial charge in [-0.05, 0) is 31.2 Å². The van der Waals surface area contributed by atoms with Gasteiger partial charge in [-0.1, -0.05) is 55.5 Å². The van der Waals surface area contributed by atoms with Crippen LogP contribution in [0.3, 0.4) is 0 Å². The van der Waals surface area contributed by atoms with Gasteiger partial charge in [-0.3, -0.25) is 0 Å². The molecule has 0 amide bonds. The Balaban J connectivity index is 2.42. The van der Waals surface area contributed by atoms with Gasteiger partial charge in [0.1, 0.15) is 0 Å². The average Bonchev–Trinajstić information content (AvgIpc) is 2.29. The third-order valence-electron chi connectivity index (χ3n) is 4.12. The normalized spacial score (nSPS) is 22.3. The Labute approximate surface area is 110 Å². The molecular weight excluding hydrogens is 262 g/mol. The van der Waals surface area contributed by atoms with Gasteiger partial charge in [-0.25, -0.2) is 0 Å². The molecule has 0 aromatic carbocycles. The van der Waals surface area contributed by atoms with Crippen LogP contribution in [-0.2, 0) is 0 Å². The van der Waals surface area contributed by atoms with Crippen molar-refractivity contribution in [3.63, 3.8) is 0 Å². The average molecular weight is 290 g/mol. The van der Waals surface area contributed by atoms with E-state index in [1.807, 2.05) is 0 Å². The van der Waals surface area contributed by atoms with Crippen molar-refractivity contribution < 1.29 is 0 Å². The van der Waals surface area contributed by atoms with Crippen molar-refractivity contribution in [1.82, 2.24) is 4.90 Å². The van der Waals surface area contributed by atoms with E-state index < -0.39 is 0 Å². The van der Waals surface area contributed by atoms with Crippen LogP contribution in [0.5, 0.6) is 0 Å². The molecule has 96 valence electrons. The summed E-state index contributed by atoms with van der Waals surface area (Å²) in [6.07, 6.45) is 8.45. The van der Waals surface area contributed by atoms with E-state index >= 15 is 0 Å². The lowest BCUT2D eigenvalue weighted by molar-refractivity contribution is 0.134. The lowest BCUT2D eigenvalue weighted by Gasteiger charge is -2.39. The summed E-state index contributed by atoms with van der Waals surface area (Å²) in [5.74, 6) is 0.834. The molecule has 16 heavy (non-hydrogen) atoms. The summed E-state index contributed by atoms with van der Waals surface area (Å²) >= 11 is 3.75. The maximum absolute atomic E-state index is 3.75. The van der Waals surface area contributed by atoms with Crippen LogP contribution >= 0.6 is 15.9 Å². The van der Waals surface area contributed by atoms with E-state index in [4.69, 9.17) is 0 Å². The second-order valence-corrected chi connectivity index (χ2v) is 6.47. The van der Waals surface area contributed by atoms with Gasteiger partial charge in [0.15, 0.2) is 0 Å². The summed E-state index contributed by atoms with van der Waals surface area (Å²) in [7, 11) is 2.30. The van der Waals surface area contributed by atoms with Crippen LogP contribution in [0.4, 0.5) is 0 Å². The number of halogens is 1. The lowest BCUT2D eigenvalue weighted by atomic mass is 9.75. The van der Waals surface area contributed by atoms with Crippen LogP contribution in [0, 0.1) is 11.3 Å². The summed E-state index contributed by atoms with van der Waals surface area (Å²) in [5, 5.41) is 1.19. The molecule has 0 radical (unpaired) electrons. The zero-order valence-corrected chi connectivity index (χ0v) is 12.9. The van der Waals surface area contributed by atoms with Gasteiger partial charge in [0.2, 0.25) is 0 Å². The molecule has 1 rings (SSSR count). The summed E-state index contributed by atoms with van der Waals surface area (Å²) in [6, 6.07) is 0. The molecule has 0 aliphatic heterocycles. The number of hydrogen-bond acceptors (Lipinski definition) is 1. The Bertz CT molecular complexity index is 187. The minimum atomic E-state index is 0.570. The van der Waals surface area contributed by atoms with Crippen molar-refractivity contribution >= 4 is 15.9 Å². The minimum absolute atomic E-state index is 0.570. The van der Waals surface area contributed by atoms with Crippen molar-refractivity contribution in [3.05, 3.63) is 0 Å². The van der Waals surface area contributed by atoms with Crippen LogP contribution in [0.2, 0.25) is 0 Å². The molecule has 0 saturated heterocycles. The monoisotopic (exact) mass is 289 g/mol. The van der Waals surface area contributed by atoms with Crippen molar-refractivity contribution in [2.45, 2.75) is 52.4 Å². The summed E-state index contributed by atoms with van der Waals surface area (Å²) in [5.41, 5.74) is 0.570. The first-order valence-corrected chi connectivity index (χ1v) is 7.98. The van der Waals surface area contributed by atoms with E-state index in [0.29, 0.717) is 5.41 Å². The van der Waals surface area contributed by atoms with Crippen LogP contribution in [0.1, 0.15) is 52.4 Å². The van der Waals surface area contributed by atoms with Crippen LogP contribution < -0.4 is 0 Å². The fraction of sp³-hybridized carbons (Fsp3) is 1.00. The van der Waals surface area contributed by atoms with Crippen LogP contribution in [0.25, 0.3) is 0 Å². The summed E-state index contributed by atoms with van der Waals surface area (Å²) < 4.78 is 0. The minimum Gasteiger partial charge on any atom is -0.306 e. The van der Waals surface area contributed by atoms with E-state index in [1.54, 1.807) is 0 Å². The predicted molar refractivity (Wildman–Crippen MR) is 76.3 cm³/mol. The molecular formula is C14H28BrN. The maximum atomic E-state index is 3.75. The SMILES string of the molecule is CCC(C)CN(C)CC1(CBr)CCCCC1. The number of hydrogen-bond donors (Lipinski definition) is 0. The first kappa shape index (κ1) is 14.5. The van der Waals surface area contributed by atoms with Gasteiger partial charge in [-0.15, -0.1) is 0 Å². The number of rotatable bonds is 6. The molecule has 2 heteroatoms. The van der Waals surface area contributed by atoms with E-state index in [1.165, 1.54) is 56.9 Å². The first-order chi connectivity index (χ1) is 7.62. The zero-order valence-electron chi connectivity index (χ0n) is 11.3. The Hall–Kier alpha value is 0.440. The molecule has 0 heterocycles. The summed E-state index contributed by atoms with van der Waals surface area (Å²) in [4.78, 5) is 2.56. The third-order valence-corrected chi connectivity index (χ3v) is 5.31. The molecule has 1 fully saturated rings. The highest BCUT2D eigenvalue weighted by Gasteiger charge is 2.32. The molecule has 0 bridgehead atoms. The molecule has 0 N–H and O–H groups in total. The molecule has 0 aromatic heterocycles. The summed E-state index contributed by atoms with van der Waals surface area (Å²) in [6.45, 7) is 7.19. The van der Waals surface area contributed by atoms with Crippen molar-refractivity contribution in [2.75, 3.05) is 25.5 Å². The Kier molecular flexibility index (Phi) is 6.35. The smallest absolute Gasteiger partial charge is 0.0100 e. The first-order valence-electron chi connectivity index (χ1n) is 6.86. The molecule has 1 atom stereocenters. The quantitative estimate of drug-likeness (QED) is 0.659. The van der Waals surface area contributed by atoms with Gasteiger partial charge in [-0.2, -0.15) is 0 Å². The van der Waals surface area contributed by atoms with Crippen molar-refractivity contribution in [3.8, 4) is 0 Å². The highest BCUT2D eigenvalue weighted by atomic mass is 79.9. The Morgan fingerprint density at radius 3 is 2.38 bits per heavy atom. The fourth-order valence-corrected chi connectivity index (χ4v) is 3.67. The highest BCUT2D eigenvalue weighted by Crippen LogP contribution is 2.38. The van der Waals surface area contributed by atoms with Crippen molar-refractivity contribution in [2.24, 2.45) is 11.3 Å².